The number of rotatable bonds is 64. The van der Waals surface area contributed by atoms with Gasteiger partial charge in [-0.1, -0.05) is 273 Å². The van der Waals surface area contributed by atoms with Crippen LogP contribution in [-0.2, 0) is 65.4 Å². The maximum atomic E-state index is 13.0. The van der Waals surface area contributed by atoms with Crippen molar-refractivity contribution in [3.05, 3.63) is 0 Å². The lowest BCUT2D eigenvalue weighted by atomic mass is 9.99. The van der Waals surface area contributed by atoms with Gasteiger partial charge in [0.2, 0.25) is 0 Å². The number of carbonyl (C=O) groups excluding carboxylic acids is 4. The largest absolute Gasteiger partial charge is 0.472 e. The molecule has 0 bridgehead atoms. The second kappa shape index (κ2) is 57.5. The van der Waals surface area contributed by atoms with Gasteiger partial charge < -0.3 is 33.8 Å². The van der Waals surface area contributed by atoms with Crippen LogP contribution in [0.2, 0.25) is 0 Å². The topological polar surface area (TPSA) is 237 Å². The fourth-order valence-corrected chi connectivity index (χ4v) is 11.2. The van der Waals surface area contributed by atoms with Gasteiger partial charge in [0.1, 0.15) is 19.3 Å². The molecule has 0 aromatic carbocycles. The average molecular weight is 1240 g/mol. The highest BCUT2D eigenvalue weighted by Gasteiger charge is 2.30. The van der Waals surface area contributed by atoms with Crippen molar-refractivity contribution in [3.8, 4) is 0 Å². The van der Waals surface area contributed by atoms with Crippen molar-refractivity contribution in [3.63, 3.8) is 0 Å². The third kappa shape index (κ3) is 56.6. The van der Waals surface area contributed by atoms with E-state index in [0.717, 1.165) is 102 Å². The molecule has 0 aromatic heterocycles. The minimum absolute atomic E-state index is 0.103. The van der Waals surface area contributed by atoms with E-state index in [1.807, 2.05) is 0 Å². The molecule has 498 valence electrons. The van der Waals surface area contributed by atoms with E-state index < -0.39 is 97.5 Å². The first-order valence-corrected chi connectivity index (χ1v) is 37.1. The summed E-state index contributed by atoms with van der Waals surface area (Å²) in [4.78, 5) is 72.2. The van der Waals surface area contributed by atoms with Gasteiger partial charge in [0.05, 0.1) is 26.4 Å². The molecule has 0 spiro atoms. The van der Waals surface area contributed by atoms with Gasteiger partial charge in [-0.05, 0) is 37.5 Å². The summed E-state index contributed by atoms with van der Waals surface area (Å²) in [7, 11) is -9.89. The van der Waals surface area contributed by atoms with Crippen LogP contribution in [0.1, 0.15) is 324 Å². The van der Waals surface area contributed by atoms with Crippen LogP contribution in [-0.4, -0.2) is 96.7 Å². The quantitative estimate of drug-likeness (QED) is 0.0222. The summed E-state index contributed by atoms with van der Waals surface area (Å²) in [5.74, 6) is -0.611. The van der Waals surface area contributed by atoms with Crippen LogP contribution in [0.15, 0.2) is 0 Å². The predicted octanol–water partition coefficient (Wildman–Crippen LogP) is 18.0. The number of phosphoric acid groups is 2. The van der Waals surface area contributed by atoms with E-state index in [-0.39, 0.29) is 25.7 Å². The molecule has 17 nitrogen and oxygen atoms in total. The number of hydrogen-bond acceptors (Lipinski definition) is 15. The fraction of sp³-hybridized carbons (Fsp3) is 0.938. The van der Waals surface area contributed by atoms with E-state index in [9.17, 15) is 43.2 Å². The summed E-state index contributed by atoms with van der Waals surface area (Å²) < 4.78 is 68.0. The number of phosphoric ester groups is 2. The molecule has 0 amide bonds. The third-order valence-electron chi connectivity index (χ3n) is 15.7. The van der Waals surface area contributed by atoms with Crippen molar-refractivity contribution in [1.82, 2.24) is 0 Å². The summed E-state index contributed by atoms with van der Waals surface area (Å²) in [6, 6.07) is 0. The van der Waals surface area contributed by atoms with E-state index >= 15 is 0 Å². The number of carbonyl (C=O) groups is 4. The molecule has 7 atom stereocenters. The lowest BCUT2D eigenvalue weighted by Gasteiger charge is -2.21. The lowest BCUT2D eigenvalue weighted by Crippen LogP contribution is -2.30. The molecule has 0 aliphatic rings. The second-order valence-corrected chi connectivity index (χ2v) is 26.9. The van der Waals surface area contributed by atoms with Crippen LogP contribution in [0.3, 0.4) is 0 Å². The van der Waals surface area contributed by atoms with Gasteiger partial charge in [0, 0.05) is 25.7 Å². The third-order valence-corrected chi connectivity index (χ3v) is 17.6. The number of unbranched alkanes of at least 4 members (excludes halogenated alkanes) is 32. The zero-order valence-electron chi connectivity index (χ0n) is 54.2. The zero-order valence-corrected chi connectivity index (χ0v) is 56.0. The van der Waals surface area contributed by atoms with Crippen LogP contribution in [0.25, 0.3) is 0 Å². The molecule has 0 rings (SSSR count). The number of aliphatic hydroxyl groups excluding tert-OH is 1. The summed E-state index contributed by atoms with van der Waals surface area (Å²) in [5.41, 5.74) is 0. The Balaban J connectivity index is 5.25. The van der Waals surface area contributed by atoms with Gasteiger partial charge in [0.15, 0.2) is 12.2 Å². The first-order valence-electron chi connectivity index (χ1n) is 34.1. The van der Waals surface area contributed by atoms with E-state index in [2.05, 4.69) is 41.5 Å². The van der Waals surface area contributed by atoms with Crippen molar-refractivity contribution in [2.24, 2.45) is 11.8 Å². The monoisotopic (exact) mass is 1240 g/mol. The van der Waals surface area contributed by atoms with Gasteiger partial charge in [-0.15, -0.1) is 0 Å². The molecular formula is C65H126O17P2. The van der Waals surface area contributed by atoms with Crippen LogP contribution in [0.4, 0.5) is 0 Å². The van der Waals surface area contributed by atoms with Gasteiger partial charge >= 0.3 is 39.5 Å². The Hall–Kier alpha value is -1.94. The van der Waals surface area contributed by atoms with E-state index in [1.54, 1.807) is 0 Å². The summed E-state index contributed by atoms with van der Waals surface area (Å²) in [6.45, 7) is 9.46. The van der Waals surface area contributed by atoms with Crippen molar-refractivity contribution >= 4 is 39.5 Å². The number of ether oxygens (including phenoxy) is 4. The Morgan fingerprint density at radius 1 is 0.333 bits per heavy atom. The predicted molar refractivity (Wildman–Crippen MR) is 335 cm³/mol. The Kier molecular flexibility index (Phi) is 56.2. The molecule has 84 heavy (non-hydrogen) atoms. The van der Waals surface area contributed by atoms with Crippen LogP contribution >= 0.6 is 15.6 Å². The summed E-state index contributed by atoms with van der Waals surface area (Å²) >= 11 is 0. The highest BCUT2D eigenvalue weighted by molar-refractivity contribution is 7.47. The van der Waals surface area contributed by atoms with Crippen molar-refractivity contribution in [2.45, 2.75) is 342 Å². The van der Waals surface area contributed by atoms with E-state index in [1.165, 1.54) is 141 Å². The van der Waals surface area contributed by atoms with Crippen LogP contribution in [0.5, 0.6) is 0 Å². The minimum atomic E-state index is -4.95. The molecule has 0 heterocycles. The Bertz CT molecular complexity index is 1650. The normalized spacial score (nSPS) is 14.9. The maximum absolute atomic E-state index is 13.0. The molecule has 19 heteroatoms. The Morgan fingerprint density at radius 3 is 0.845 bits per heavy atom. The maximum Gasteiger partial charge on any atom is 0.472 e. The standard InChI is InChI=1S/C65H126O17P2/c1-7-11-13-15-17-19-20-25-29-36-42-48-63(68)76-53-60(81-64(69)49-43-37-30-26-22-21-24-27-33-39-45-57(5)9-3)55-79-83(71,72)77-51-59(66)52-78-84(73,74)80-56-61(54-75-62(67)47-41-35-28-23-18-16-14-12-8-2)82-65(70)50-44-38-32-31-34-40-46-58(6)10-4/h57-61,66H,7-56H2,1-6H3,(H,71,72)(H,73,74)/t57?,58?,59-,60-,61-/m1/s1. The molecule has 4 unspecified atom stereocenters. The Labute approximate surface area is 511 Å². The summed E-state index contributed by atoms with van der Waals surface area (Å²) in [5, 5.41) is 10.5. The number of aliphatic hydroxyl groups is 1. The fourth-order valence-electron chi connectivity index (χ4n) is 9.64. The summed E-state index contributed by atoms with van der Waals surface area (Å²) in [6.07, 6.45) is 40.2. The molecule has 0 radical (unpaired) electrons. The molecule has 0 aliphatic carbocycles. The molecule has 3 N–H and O–H groups in total. The molecule has 0 aromatic rings. The lowest BCUT2D eigenvalue weighted by molar-refractivity contribution is -0.161. The van der Waals surface area contributed by atoms with Crippen molar-refractivity contribution < 1.29 is 80.2 Å². The van der Waals surface area contributed by atoms with Crippen molar-refractivity contribution in [2.75, 3.05) is 39.6 Å². The number of hydrogen-bond donors (Lipinski definition) is 3. The average Bonchev–Trinajstić information content (AvgIpc) is 3.51. The first-order chi connectivity index (χ1) is 40.4. The molecule has 0 fully saturated rings. The van der Waals surface area contributed by atoms with Gasteiger partial charge in [-0.3, -0.25) is 37.3 Å². The molecular weight excluding hydrogens is 1110 g/mol. The number of esters is 4. The molecule has 0 saturated heterocycles. The molecule has 0 aliphatic heterocycles. The van der Waals surface area contributed by atoms with E-state index in [0.29, 0.717) is 25.7 Å². The van der Waals surface area contributed by atoms with Crippen LogP contribution in [0, 0.1) is 11.8 Å². The van der Waals surface area contributed by atoms with Crippen molar-refractivity contribution in [1.29, 1.82) is 0 Å². The molecule has 0 saturated carbocycles. The van der Waals surface area contributed by atoms with E-state index in [4.69, 9.17) is 37.0 Å². The second-order valence-electron chi connectivity index (χ2n) is 24.0. The zero-order chi connectivity index (χ0) is 62.2. The highest BCUT2D eigenvalue weighted by atomic mass is 31.2. The van der Waals surface area contributed by atoms with Gasteiger partial charge in [0.25, 0.3) is 0 Å². The SMILES string of the molecule is CCCCCCCCCCCCCC(=O)OC[C@H](COP(=O)(O)OC[C@@H](O)COP(=O)(O)OC[C@@H](COC(=O)CCCCCCCCCCC)OC(=O)CCCCCCCCC(C)CC)OC(=O)CCCCCCCCCCCCC(C)CC. The smallest absolute Gasteiger partial charge is 0.462 e. The Morgan fingerprint density at radius 2 is 0.571 bits per heavy atom. The van der Waals surface area contributed by atoms with Crippen LogP contribution < -0.4 is 0 Å². The van der Waals surface area contributed by atoms with Gasteiger partial charge in [-0.2, -0.15) is 0 Å². The minimum Gasteiger partial charge on any atom is -0.462 e. The van der Waals surface area contributed by atoms with Gasteiger partial charge in [-0.25, -0.2) is 9.13 Å². The highest BCUT2D eigenvalue weighted by Crippen LogP contribution is 2.45. The first kappa shape index (κ1) is 82.1.